The summed E-state index contributed by atoms with van der Waals surface area (Å²) >= 11 is 0. The van der Waals surface area contributed by atoms with E-state index < -0.39 is 5.66 Å². The molecule has 0 saturated heterocycles. The molecule has 1 aliphatic heterocycles. The van der Waals surface area contributed by atoms with Crippen LogP contribution < -0.4 is 5.32 Å². The SMILES string of the molecule is Cc1cccc(C)c1NC(=O)CN1C(=O)C(c2ccccc2)=NC12CCCCC2. The number of hydrogen-bond donors (Lipinski definition) is 1. The third-order valence-electron chi connectivity index (χ3n) is 6.02. The van der Waals surface area contributed by atoms with Crippen molar-refractivity contribution in [1.82, 2.24) is 4.90 Å². The van der Waals surface area contributed by atoms with Crippen LogP contribution in [0.2, 0.25) is 0 Å². The van der Waals surface area contributed by atoms with E-state index in [2.05, 4.69) is 5.32 Å². The van der Waals surface area contributed by atoms with Crippen molar-refractivity contribution < 1.29 is 9.59 Å². The van der Waals surface area contributed by atoms with Crippen LogP contribution in [0.5, 0.6) is 0 Å². The number of para-hydroxylation sites is 1. The van der Waals surface area contributed by atoms with Gasteiger partial charge in [-0.3, -0.25) is 14.6 Å². The number of amides is 2. The van der Waals surface area contributed by atoms with Crippen LogP contribution in [0.4, 0.5) is 5.69 Å². The fourth-order valence-corrected chi connectivity index (χ4v) is 4.47. The zero-order chi connectivity index (χ0) is 20.4. The Morgan fingerprint density at radius 1 is 1.00 bits per heavy atom. The molecule has 5 heteroatoms. The highest BCUT2D eigenvalue weighted by Gasteiger charge is 2.48. The lowest BCUT2D eigenvalue weighted by Gasteiger charge is -2.38. The highest BCUT2D eigenvalue weighted by atomic mass is 16.2. The molecule has 1 saturated carbocycles. The van der Waals surface area contributed by atoms with E-state index in [-0.39, 0.29) is 18.4 Å². The molecular formula is C24H27N3O2. The van der Waals surface area contributed by atoms with Crippen molar-refractivity contribution >= 4 is 23.2 Å². The van der Waals surface area contributed by atoms with Crippen LogP contribution in [-0.4, -0.2) is 34.6 Å². The Kier molecular flexibility index (Phi) is 5.22. The third-order valence-corrected chi connectivity index (χ3v) is 6.02. The lowest BCUT2D eigenvalue weighted by Crippen LogP contribution is -2.51. The predicted octanol–water partition coefficient (Wildman–Crippen LogP) is 4.23. The van der Waals surface area contributed by atoms with Gasteiger partial charge in [0.15, 0.2) is 0 Å². The first kappa shape index (κ1) is 19.4. The summed E-state index contributed by atoms with van der Waals surface area (Å²) in [6.07, 6.45) is 4.81. The fourth-order valence-electron chi connectivity index (χ4n) is 4.47. The molecule has 1 aliphatic carbocycles. The Morgan fingerprint density at radius 3 is 2.31 bits per heavy atom. The molecule has 1 spiro atoms. The molecule has 5 nitrogen and oxygen atoms in total. The molecule has 0 bridgehead atoms. The molecule has 150 valence electrons. The van der Waals surface area contributed by atoms with Gasteiger partial charge in [-0.15, -0.1) is 0 Å². The standard InChI is InChI=1S/C24H27N3O2/c1-17-10-9-11-18(2)21(17)25-20(28)16-27-23(29)22(19-12-5-3-6-13-19)26-24(27)14-7-4-8-15-24/h3,5-6,9-13H,4,7-8,14-16H2,1-2H3,(H,25,28). The Morgan fingerprint density at radius 2 is 1.66 bits per heavy atom. The van der Waals surface area contributed by atoms with Crippen LogP contribution in [0.15, 0.2) is 53.5 Å². The average molecular weight is 389 g/mol. The average Bonchev–Trinajstić information content (AvgIpc) is 2.98. The minimum Gasteiger partial charge on any atom is -0.324 e. The third kappa shape index (κ3) is 3.69. The van der Waals surface area contributed by atoms with E-state index in [0.717, 1.165) is 54.5 Å². The highest BCUT2D eigenvalue weighted by molar-refractivity contribution is 6.47. The minimum atomic E-state index is -0.585. The normalized spacial score (nSPS) is 18.1. The number of nitrogens with one attached hydrogen (secondary N) is 1. The van der Waals surface area contributed by atoms with Gasteiger partial charge >= 0.3 is 0 Å². The van der Waals surface area contributed by atoms with Crippen LogP contribution in [-0.2, 0) is 9.59 Å². The number of rotatable bonds is 4. The van der Waals surface area contributed by atoms with Crippen LogP contribution in [0, 0.1) is 13.8 Å². The van der Waals surface area contributed by atoms with E-state index in [4.69, 9.17) is 4.99 Å². The summed E-state index contributed by atoms with van der Waals surface area (Å²) in [4.78, 5) is 32.9. The molecule has 2 aromatic rings. The smallest absolute Gasteiger partial charge is 0.275 e. The zero-order valence-corrected chi connectivity index (χ0v) is 17.1. The topological polar surface area (TPSA) is 61.8 Å². The van der Waals surface area contributed by atoms with E-state index in [9.17, 15) is 9.59 Å². The summed E-state index contributed by atoms with van der Waals surface area (Å²) in [7, 11) is 0. The summed E-state index contributed by atoms with van der Waals surface area (Å²) in [5.74, 6) is -0.319. The number of benzene rings is 2. The fraction of sp³-hybridized carbons (Fsp3) is 0.375. The molecule has 2 amide bonds. The van der Waals surface area contributed by atoms with E-state index in [1.807, 2.05) is 62.4 Å². The maximum absolute atomic E-state index is 13.3. The van der Waals surface area contributed by atoms with Crippen LogP contribution in [0.1, 0.15) is 48.8 Å². The van der Waals surface area contributed by atoms with Crippen LogP contribution in [0.25, 0.3) is 0 Å². The lowest BCUT2D eigenvalue weighted by atomic mass is 9.88. The molecule has 1 N–H and O–H groups in total. The van der Waals surface area contributed by atoms with Crippen molar-refractivity contribution in [3.63, 3.8) is 0 Å². The number of anilines is 1. The maximum Gasteiger partial charge on any atom is 0.275 e. The molecule has 1 fully saturated rings. The molecule has 2 aromatic carbocycles. The largest absolute Gasteiger partial charge is 0.324 e. The molecule has 2 aliphatic rings. The van der Waals surface area contributed by atoms with Crippen molar-refractivity contribution in [3.05, 3.63) is 65.2 Å². The maximum atomic E-state index is 13.3. The number of carbonyl (C=O) groups excluding carboxylic acids is 2. The van der Waals surface area contributed by atoms with Crippen molar-refractivity contribution in [2.75, 3.05) is 11.9 Å². The minimum absolute atomic E-state index is 0.0203. The first-order chi connectivity index (χ1) is 14.0. The van der Waals surface area contributed by atoms with E-state index in [1.54, 1.807) is 4.90 Å². The molecule has 29 heavy (non-hydrogen) atoms. The zero-order valence-electron chi connectivity index (χ0n) is 17.1. The molecular weight excluding hydrogens is 362 g/mol. The number of aliphatic imine (C=N–C) groups is 1. The Bertz CT molecular complexity index is 939. The lowest BCUT2D eigenvalue weighted by molar-refractivity contribution is -0.134. The van der Waals surface area contributed by atoms with Gasteiger partial charge in [0.05, 0.1) is 0 Å². The molecule has 1 heterocycles. The van der Waals surface area contributed by atoms with Gasteiger partial charge in [-0.05, 0) is 50.7 Å². The van der Waals surface area contributed by atoms with Crippen LogP contribution in [0.3, 0.4) is 0 Å². The van der Waals surface area contributed by atoms with Gasteiger partial charge in [-0.25, -0.2) is 0 Å². The van der Waals surface area contributed by atoms with Crippen molar-refractivity contribution in [2.24, 2.45) is 4.99 Å². The summed E-state index contributed by atoms with van der Waals surface area (Å²) in [6.45, 7) is 3.97. The second-order valence-corrected chi connectivity index (χ2v) is 8.08. The van der Waals surface area contributed by atoms with Gasteiger partial charge < -0.3 is 10.2 Å². The van der Waals surface area contributed by atoms with Gasteiger partial charge in [0.1, 0.15) is 17.9 Å². The number of hydrogen-bond acceptors (Lipinski definition) is 3. The van der Waals surface area contributed by atoms with E-state index in [0.29, 0.717) is 5.71 Å². The van der Waals surface area contributed by atoms with Crippen LogP contribution >= 0.6 is 0 Å². The van der Waals surface area contributed by atoms with Gasteiger partial charge in [0.25, 0.3) is 5.91 Å². The molecule has 0 unspecified atom stereocenters. The summed E-state index contributed by atoms with van der Waals surface area (Å²) in [5, 5.41) is 3.02. The van der Waals surface area contributed by atoms with Gasteiger partial charge in [0.2, 0.25) is 5.91 Å². The first-order valence-electron chi connectivity index (χ1n) is 10.3. The van der Waals surface area contributed by atoms with Crippen molar-refractivity contribution in [2.45, 2.75) is 51.6 Å². The number of carbonyl (C=O) groups is 2. The predicted molar refractivity (Wildman–Crippen MR) is 115 cm³/mol. The van der Waals surface area contributed by atoms with Gasteiger partial charge in [-0.2, -0.15) is 0 Å². The quantitative estimate of drug-likeness (QED) is 0.850. The highest BCUT2D eigenvalue weighted by Crippen LogP contribution is 2.39. The second kappa shape index (κ2) is 7.82. The summed E-state index contributed by atoms with van der Waals surface area (Å²) < 4.78 is 0. The van der Waals surface area contributed by atoms with E-state index >= 15 is 0 Å². The molecule has 4 rings (SSSR count). The Hall–Kier alpha value is -2.95. The first-order valence-corrected chi connectivity index (χ1v) is 10.3. The Balaban J connectivity index is 1.60. The van der Waals surface area contributed by atoms with Gasteiger partial charge in [0, 0.05) is 11.3 Å². The molecule has 0 atom stereocenters. The number of nitrogens with zero attached hydrogens (tertiary/aromatic N) is 2. The van der Waals surface area contributed by atoms with Crippen molar-refractivity contribution in [1.29, 1.82) is 0 Å². The van der Waals surface area contributed by atoms with Crippen molar-refractivity contribution in [3.8, 4) is 0 Å². The summed E-state index contributed by atoms with van der Waals surface area (Å²) in [5.41, 5.74) is 3.57. The number of aryl methyl sites for hydroxylation is 2. The molecule has 0 aromatic heterocycles. The van der Waals surface area contributed by atoms with Gasteiger partial charge in [-0.1, -0.05) is 55.0 Å². The monoisotopic (exact) mass is 389 g/mol. The summed E-state index contributed by atoms with van der Waals surface area (Å²) in [6, 6.07) is 15.5. The Labute approximate surface area is 171 Å². The molecule has 0 radical (unpaired) electrons. The second-order valence-electron chi connectivity index (χ2n) is 8.08. The van der Waals surface area contributed by atoms with E-state index in [1.165, 1.54) is 0 Å².